The lowest BCUT2D eigenvalue weighted by Crippen LogP contribution is -1.96. The number of rotatable bonds is 3. The van der Waals surface area contributed by atoms with Crippen molar-refractivity contribution in [1.82, 2.24) is 0 Å². The molecule has 1 aromatic heterocycles. The SMILES string of the molecule is COc1ccc(-c2cscc2CN)cc1Br. The predicted octanol–water partition coefficient (Wildman–Crippen LogP) is 3.64. The van der Waals surface area contributed by atoms with Gasteiger partial charge in [-0.25, -0.2) is 0 Å². The van der Waals surface area contributed by atoms with Gasteiger partial charge in [-0.05, 0) is 55.5 Å². The van der Waals surface area contributed by atoms with Gasteiger partial charge in [-0.1, -0.05) is 6.07 Å². The molecule has 1 aromatic carbocycles. The van der Waals surface area contributed by atoms with E-state index >= 15 is 0 Å². The van der Waals surface area contributed by atoms with Crippen LogP contribution in [-0.4, -0.2) is 7.11 Å². The second-order valence-electron chi connectivity index (χ2n) is 3.36. The number of methoxy groups -OCH3 is 1. The number of hydrogen-bond donors (Lipinski definition) is 1. The maximum absolute atomic E-state index is 5.70. The number of nitrogens with two attached hydrogens (primary N) is 1. The average Bonchev–Trinajstić information content (AvgIpc) is 2.77. The van der Waals surface area contributed by atoms with E-state index in [-0.39, 0.29) is 0 Å². The van der Waals surface area contributed by atoms with E-state index in [1.165, 1.54) is 11.1 Å². The lowest BCUT2D eigenvalue weighted by molar-refractivity contribution is 0.412. The molecule has 0 unspecified atom stereocenters. The molecule has 0 saturated heterocycles. The van der Waals surface area contributed by atoms with Gasteiger partial charge < -0.3 is 10.5 Å². The largest absolute Gasteiger partial charge is 0.496 e. The molecule has 0 aliphatic rings. The highest BCUT2D eigenvalue weighted by Crippen LogP contribution is 2.33. The zero-order valence-corrected chi connectivity index (χ0v) is 11.3. The molecule has 0 amide bonds. The van der Waals surface area contributed by atoms with Gasteiger partial charge in [0.15, 0.2) is 0 Å². The monoisotopic (exact) mass is 297 g/mol. The van der Waals surface area contributed by atoms with Gasteiger partial charge >= 0.3 is 0 Å². The smallest absolute Gasteiger partial charge is 0.133 e. The summed E-state index contributed by atoms with van der Waals surface area (Å²) in [5.41, 5.74) is 9.25. The van der Waals surface area contributed by atoms with E-state index in [4.69, 9.17) is 10.5 Å². The molecule has 2 nitrogen and oxygen atoms in total. The van der Waals surface area contributed by atoms with Crippen molar-refractivity contribution in [1.29, 1.82) is 0 Å². The van der Waals surface area contributed by atoms with Crippen LogP contribution in [0.25, 0.3) is 11.1 Å². The van der Waals surface area contributed by atoms with Crippen molar-refractivity contribution in [2.45, 2.75) is 6.54 Å². The fourth-order valence-electron chi connectivity index (χ4n) is 1.57. The summed E-state index contributed by atoms with van der Waals surface area (Å²) in [6, 6.07) is 6.06. The van der Waals surface area contributed by atoms with E-state index < -0.39 is 0 Å². The molecule has 0 saturated carbocycles. The number of halogens is 1. The van der Waals surface area contributed by atoms with Crippen LogP contribution in [0.1, 0.15) is 5.56 Å². The fourth-order valence-corrected chi connectivity index (χ4v) is 2.99. The van der Waals surface area contributed by atoms with Crippen LogP contribution in [0.5, 0.6) is 5.75 Å². The first-order valence-corrected chi connectivity index (χ1v) is 6.59. The molecular weight excluding hydrogens is 286 g/mol. The van der Waals surface area contributed by atoms with E-state index in [0.29, 0.717) is 6.54 Å². The van der Waals surface area contributed by atoms with Crippen LogP contribution >= 0.6 is 27.3 Å². The van der Waals surface area contributed by atoms with Crippen LogP contribution in [0, 0.1) is 0 Å². The minimum Gasteiger partial charge on any atom is -0.496 e. The summed E-state index contributed by atoms with van der Waals surface area (Å²) in [7, 11) is 1.66. The Morgan fingerprint density at radius 1 is 1.38 bits per heavy atom. The molecule has 0 aliphatic carbocycles. The molecule has 0 bridgehead atoms. The molecule has 4 heteroatoms. The second-order valence-corrected chi connectivity index (χ2v) is 4.96. The quantitative estimate of drug-likeness (QED) is 0.939. The summed E-state index contributed by atoms with van der Waals surface area (Å²) in [6.45, 7) is 0.572. The first-order chi connectivity index (χ1) is 7.76. The van der Waals surface area contributed by atoms with E-state index in [1.54, 1.807) is 18.4 Å². The van der Waals surface area contributed by atoms with Crippen LogP contribution < -0.4 is 10.5 Å². The number of hydrogen-bond acceptors (Lipinski definition) is 3. The predicted molar refractivity (Wildman–Crippen MR) is 71.9 cm³/mol. The first kappa shape index (κ1) is 11.6. The topological polar surface area (TPSA) is 35.2 Å². The van der Waals surface area contributed by atoms with Crippen molar-refractivity contribution in [3.05, 3.63) is 39.0 Å². The minimum atomic E-state index is 0.572. The highest BCUT2D eigenvalue weighted by molar-refractivity contribution is 9.10. The molecule has 0 radical (unpaired) electrons. The molecule has 0 fully saturated rings. The van der Waals surface area contributed by atoms with Crippen molar-refractivity contribution >= 4 is 27.3 Å². The van der Waals surface area contributed by atoms with E-state index in [9.17, 15) is 0 Å². The Bertz CT molecular complexity index is 496. The Balaban J connectivity index is 2.45. The molecule has 2 rings (SSSR count). The summed E-state index contributed by atoms with van der Waals surface area (Å²) >= 11 is 5.16. The normalized spacial score (nSPS) is 10.4. The molecular formula is C12H12BrNOS. The van der Waals surface area contributed by atoms with Crippen LogP contribution in [0.4, 0.5) is 0 Å². The third kappa shape index (κ3) is 2.14. The van der Waals surface area contributed by atoms with Crippen molar-refractivity contribution < 1.29 is 4.74 Å². The number of ether oxygens (including phenoxy) is 1. The molecule has 2 N–H and O–H groups in total. The molecule has 0 atom stereocenters. The third-order valence-electron chi connectivity index (χ3n) is 2.42. The molecule has 16 heavy (non-hydrogen) atoms. The summed E-state index contributed by atoms with van der Waals surface area (Å²) in [5.74, 6) is 0.841. The zero-order chi connectivity index (χ0) is 11.5. The van der Waals surface area contributed by atoms with Gasteiger partial charge in [0.25, 0.3) is 0 Å². The van der Waals surface area contributed by atoms with Gasteiger partial charge in [0, 0.05) is 6.54 Å². The van der Waals surface area contributed by atoms with Crippen molar-refractivity contribution in [3.8, 4) is 16.9 Å². The van der Waals surface area contributed by atoms with Gasteiger partial charge in [-0.15, -0.1) is 0 Å². The third-order valence-corrected chi connectivity index (χ3v) is 3.84. The first-order valence-electron chi connectivity index (χ1n) is 4.85. The lowest BCUT2D eigenvalue weighted by atomic mass is 10.0. The van der Waals surface area contributed by atoms with Crippen LogP contribution in [0.2, 0.25) is 0 Å². The number of thiophene rings is 1. The molecule has 84 valence electrons. The van der Waals surface area contributed by atoms with Crippen LogP contribution in [-0.2, 0) is 6.54 Å². The average molecular weight is 298 g/mol. The molecule has 2 aromatic rings. The standard InChI is InChI=1S/C12H12BrNOS/c1-15-12-3-2-8(4-11(12)13)10-7-16-6-9(10)5-14/h2-4,6-7H,5,14H2,1H3. The highest BCUT2D eigenvalue weighted by Gasteiger charge is 2.07. The lowest BCUT2D eigenvalue weighted by Gasteiger charge is -2.06. The second kappa shape index (κ2) is 4.99. The van der Waals surface area contributed by atoms with Crippen molar-refractivity contribution in [3.63, 3.8) is 0 Å². The maximum Gasteiger partial charge on any atom is 0.133 e. The Hall–Kier alpha value is -0.840. The Morgan fingerprint density at radius 2 is 2.19 bits per heavy atom. The van der Waals surface area contributed by atoms with Gasteiger partial charge in [0.1, 0.15) is 5.75 Å². The van der Waals surface area contributed by atoms with E-state index in [2.05, 4.69) is 32.8 Å². The summed E-state index contributed by atoms with van der Waals surface area (Å²) in [5, 5.41) is 4.21. The van der Waals surface area contributed by atoms with Crippen molar-refractivity contribution in [2.75, 3.05) is 7.11 Å². The Labute approximate surface area is 107 Å². The zero-order valence-electron chi connectivity index (χ0n) is 8.87. The van der Waals surface area contributed by atoms with E-state index in [0.717, 1.165) is 15.8 Å². The van der Waals surface area contributed by atoms with Gasteiger partial charge in [-0.3, -0.25) is 0 Å². The maximum atomic E-state index is 5.70. The van der Waals surface area contributed by atoms with E-state index in [1.807, 2.05) is 12.1 Å². The summed E-state index contributed by atoms with van der Waals surface area (Å²) in [6.07, 6.45) is 0. The fraction of sp³-hybridized carbons (Fsp3) is 0.167. The number of benzene rings is 1. The summed E-state index contributed by atoms with van der Waals surface area (Å²) < 4.78 is 6.16. The highest BCUT2D eigenvalue weighted by atomic mass is 79.9. The Kier molecular flexibility index (Phi) is 3.63. The van der Waals surface area contributed by atoms with Gasteiger partial charge in [0.2, 0.25) is 0 Å². The van der Waals surface area contributed by atoms with Crippen molar-refractivity contribution in [2.24, 2.45) is 5.73 Å². The van der Waals surface area contributed by atoms with Crippen LogP contribution in [0.3, 0.4) is 0 Å². The summed E-state index contributed by atoms with van der Waals surface area (Å²) in [4.78, 5) is 0. The Morgan fingerprint density at radius 3 is 2.81 bits per heavy atom. The molecule has 0 spiro atoms. The minimum absolute atomic E-state index is 0.572. The van der Waals surface area contributed by atoms with Gasteiger partial charge in [0.05, 0.1) is 11.6 Å². The molecule has 0 aliphatic heterocycles. The molecule has 1 heterocycles. The van der Waals surface area contributed by atoms with Crippen LogP contribution in [0.15, 0.2) is 33.4 Å². The van der Waals surface area contributed by atoms with Gasteiger partial charge in [-0.2, -0.15) is 11.3 Å².